The van der Waals surface area contributed by atoms with Crippen LogP contribution in [0.15, 0.2) is 24.7 Å². The number of benzene rings is 1. The van der Waals surface area contributed by atoms with E-state index in [1.807, 2.05) is 6.92 Å². The van der Waals surface area contributed by atoms with Crippen LogP contribution in [0.2, 0.25) is 0 Å². The fourth-order valence-corrected chi connectivity index (χ4v) is 4.47. The van der Waals surface area contributed by atoms with Gasteiger partial charge in [-0.2, -0.15) is 18.3 Å². The van der Waals surface area contributed by atoms with Crippen LogP contribution < -0.4 is 5.73 Å². The number of amides is 1. The number of aromatic nitrogens is 4. The summed E-state index contributed by atoms with van der Waals surface area (Å²) < 4.78 is 43.2. The van der Waals surface area contributed by atoms with E-state index in [0.717, 1.165) is 18.9 Å². The van der Waals surface area contributed by atoms with Gasteiger partial charge < -0.3 is 20.8 Å². The Labute approximate surface area is 185 Å². The number of carbonyl (C=O) groups is 1. The highest BCUT2D eigenvalue weighted by Crippen LogP contribution is 2.46. The number of carbonyl (C=O) groups excluding carboxylic acids is 1. The molecule has 3 aromatic rings. The summed E-state index contributed by atoms with van der Waals surface area (Å²) in [6.45, 7) is 0.328. The van der Waals surface area contributed by atoms with Gasteiger partial charge in [0.05, 0.1) is 24.1 Å². The topological polar surface area (TPSA) is 130 Å². The standard InChI is InChI=1S/C21H21F3N6O3/c1-10(11-2-3-11)29-7-13-4-12(15-6-26-18-17(25)27-9-28-30(15)18)5-14(16(13)19(29)32)20(33,8-31)21(22,23)24/h4-6,9-11,31,33H,2-3,7-8H2,1H3,(H2,25,27,28)/t10-,20?/m0/s1. The van der Waals surface area contributed by atoms with E-state index in [0.29, 0.717) is 17.2 Å². The van der Waals surface area contributed by atoms with Crippen molar-refractivity contribution in [1.29, 1.82) is 0 Å². The zero-order chi connectivity index (χ0) is 23.7. The molecule has 0 radical (unpaired) electrons. The van der Waals surface area contributed by atoms with Crippen LogP contribution in [0.1, 0.15) is 41.3 Å². The normalized spacial score (nSPS) is 19.1. The third-order valence-electron chi connectivity index (χ3n) is 6.60. The van der Waals surface area contributed by atoms with Gasteiger partial charge in [-0.3, -0.25) is 4.79 Å². The lowest BCUT2D eigenvalue weighted by Crippen LogP contribution is -2.47. The summed E-state index contributed by atoms with van der Waals surface area (Å²) in [6, 6.07) is 2.50. The number of alkyl halides is 3. The first-order valence-corrected chi connectivity index (χ1v) is 10.4. The lowest BCUT2D eigenvalue weighted by Gasteiger charge is -2.31. The minimum absolute atomic E-state index is 0.0828. The van der Waals surface area contributed by atoms with Gasteiger partial charge in [0.15, 0.2) is 11.5 Å². The average Bonchev–Trinajstić information content (AvgIpc) is 3.44. The predicted molar refractivity (Wildman–Crippen MR) is 110 cm³/mol. The van der Waals surface area contributed by atoms with Crippen LogP contribution in [0.3, 0.4) is 0 Å². The number of hydrogen-bond acceptors (Lipinski definition) is 7. The Morgan fingerprint density at radius 3 is 2.64 bits per heavy atom. The number of fused-ring (bicyclic) bond motifs is 2. The van der Waals surface area contributed by atoms with E-state index < -0.39 is 29.9 Å². The lowest BCUT2D eigenvalue weighted by molar-refractivity contribution is -0.277. The fraction of sp³-hybridized carbons (Fsp3) is 0.429. The SMILES string of the molecule is C[C@@H](C1CC1)N1Cc2cc(-c3cnc4c(N)ncnn34)cc(C(O)(CO)C(F)(F)F)c2C1=O. The summed E-state index contributed by atoms with van der Waals surface area (Å²) in [5, 5.41) is 24.3. The van der Waals surface area contributed by atoms with Crippen molar-refractivity contribution < 1.29 is 28.2 Å². The van der Waals surface area contributed by atoms with Gasteiger partial charge in [0.2, 0.25) is 5.60 Å². The second-order valence-corrected chi connectivity index (χ2v) is 8.61. The number of hydrogen-bond donors (Lipinski definition) is 3. The van der Waals surface area contributed by atoms with Crippen molar-refractivity contribution in [2.45, 2.75) is 44.1 Å². The highest BCUT2D eigenvalue weighted by atomic mass is 19.4. The van der Waals surface area contributed by atoms with Gasteiger partial charge in [0.1, 0.15) is 6.33 Å². The number of nitrogens with two attached hydrogens (primary N) is 1. The number of rotatable bonds is 5. The number of nitrogen functional groups attached to an aromatic ring is 1. The van der Waals surface area contributed by atoms with Crippen molar-refractivity contribution in [3.05, 3.63) is 41.3 Å². The van der Waals surface area contributed by atoms with Gasteiger partial charge in [-0.25, -0.2) is 14.5 Å². The Morgan fingerprint density at radius 1 is 1.27 bits per heavy atom. The second-order valence-electron chi connectivity index (χ2n) is 8.61. The third-order valence-corrected chi connectivity index (χ3v) is 6.60. The molecule has 1 saturated carbocycles. The molecule has 1 aliphatic heterocycles. The van der Waals surface area contributed by atoms with E-state index in [-0.39, 0.29) is 35.2 Å². The summed E-state index contributed by atoms with van der Waals surface area (Å²) in [7, 11) is 0. The molecule has 2 atom stereocenters. The first-order valence-electron chi connectivity index (χ1n) is 10.4. The van der Waals surface area contributed by atoms with Crippen LogP contribution in [0.25, 0.3) is 16.9 Å². The highest BCUT2D eigenvalue weighted by Gasteiger charge is 2.57. The van der Waals surface area contributed by atoms with Crippen molar-refractivity contribution in [2.75, 3.05) is 12.3 Å². The summed E-state index contributed by atoms with van der Waals surface area (Å²) in [5.41, 5.74) is 2.32. The Hall–Kier alpha value is -3.25. The molecule has 5 rings (SSSR count). The van der Waals surface area contributed by atoms with E-state index >= 15 is 0 Å². The molecule has 1 unspecified atom stereocenters. The van der Waals surface area contributed by atoms with Crippen molar-refractivity contribution in [1.82, 2.24) is 24.5 Å². The molecule has 1 amide bonds. The monoisotopic (exact) mass is 462 g/mol. The Bertz CT molecular complexity index is 1270. The smallest absolute Gasteiger partial charge is 0.393 e. The lowest BCUT2D eigenvalue weighted by atomic mass is 9.86. The number of anilines is 1. The first-order chi connectivity index (χ1) is 15.6. The van der Waals surface area contributed by atoms with E-state index in [1.54, 1.807) is 6.07 Å². The number of halogens is 3. The Kier molecular flexibility index (Phi) is 4.66. The van der Waals surface area contributed by atoms with E-state index in [9.17, 15) is 28.2 Å². The Balaban J connectivity index is 1.73. The maximum Gasteiger partial charge on any atom is 0.423 e. The fourth-order valence-electron chi connectivity index (χ4n) is 4.47. The van der Waals surface area contributed by atoms with E-state index in [4.69, 9.17) is 5.73 Å². The number of aliphatic hydroxyl groups is 2. The molecule has 0 bridgehead atoms. The largest absolute Gasteiger partial charge is 0.423 e. The third kappa shape index (κ3) is 3.16. The van der Waals surface area contributed by atoms with Crippen LogP contribution in [-0.4, -0.2) is 59.4 Å². The van der Waals surface area contributed by atoms with Crippen LogP contribution in [-0.2, 0) is 12.1 Å². The van der Waals surface area contributed by atoms with Crippen LogP contribution >= 0.6 is 0 Å². The molecule has 174 valence electrons. The zero-order valence-corrected chi connectivity index (χ0v) is 17.5. The molecule has 2 aromatic heterocycles. The maximum atomic E-state index is 14.0. The molecular formula is C21H21F3N6O3. The van der Waals surface area contributed by atoms with Gasteiger partial charge in [0.25, 0.3) is 5.91 Å². The molecule has 3 heterocycles. The van der Waals surface area contributed by atoms with Gasteiger partial charge in [0, 0.05) is 23.7 Å². The second kappa shape index (κ2) is 7.12. The Morgan fingerprint density at radius 2 is 2.00 bits per heavy atom. The molecule has 0 saturated heterocycles. The maximum absolute atomic E-state index is 14.0. The van der Waals surface area contributed by atoms with Crippen LogP contribution in [0.5, 0.6) is 0 Å². The first kappa shape index (κ1) is 21.6. The van der Waals surface area contributed by atoms with Gasteiger partial charge in [-0.1, -0.05) is 0 Å². The predicted octanol–water partition coefficient (Wildman–Crippen LogP) is 1.87. The van der Waals surface area contributed by atoms with Crippen LogP contribution in [0, 0.1) is 5.92 Å². The molecule has 1 aliphatic carbocycles. The molecule has 4 N–H and O–H groups in total. The quantitative estimate of drug-likeness (QED) is 0.528. The summed E-state index contributed by atoms with van der Waals surface area (Å²) >= 11 is 0. The van der Waals surface area contributed by atoms with Gasteiger partial charge in [-0.15, -0.1) is 0 Å². The molecule has 33 heavy (non-hydrogen) atoms. The molecule has 2 aliphatic rings. The number of imidazole rings is 1. The molecule has 12 heteroatoms. The minimum Gasteiger partial charge on any atom is -0.393 e. The van der Waals surface area contributed by atoms with Crippen molar-refractivity contribution in [3.63, 3.8) is 0 Å². The van der Waals surface area contributed by atoms with Gasteiger partial charge >= 0.3 is 6.18 Å². The summed E-state index contributed by atoms with van der Waals surface area (Å²) in [4.78, 5) is 22.8. The molecule has 1 aromatic carbocycles. The zero-order valence-electron chi connectivity index (χ0n) is 17.5. The van der Waals surface area contributed by atoms with Crippen molar-refractivity contribution in [3.8, 4) is 11.3 Å². The van der Waals surface area contributed by atoms with E-state index in [2.05, 4.69) is 15.1 Å². The highest BCUT2D eigenvalue weighted by molar-refractivity contribution is 6.01. The number of aliphatic hydroxyl groups excluding tert-OH is 1. The van der Waals surface area contributed by atoms with Gasteiger partial charge in [-0.05, 0) is 43.4 Å². The molecule has 0 spiro atoms. The van der Waals surface area contributed by atoms with Crippen molar-refractivity contribution in [2.24, 2.45) is 5.92 Å². The van der Waals surface area contributed by atoms with Crippen LogP contribution in [0.4, 0.5) is 19.0 Å². The molecular weight excluding hydrogens is 441 g/mol. The van der Waals surface area contributed by atoms with Crippen molar-refractivity contribution >= 4 is 17.4 Å². The summed E-state index contributed by atoms with van der Waals surface area (Å²) in [5.74, 6) is -0.213. The summed E-state index contributed by atoms with van der Waals surface area (Å²) in [6.07, 6.45) is -0.768. The van der Waals surface area contributed by atoms with E-state index in [1.165, 1.54) is 21.9 Å². The molecule has 9 nitrogen and oxygen atoms in total. The minimum atomic E-state index is -5.23. The average molecular weight is 462 g/mol. The number of nitrogens with zero attached hydrogens (tertiary/aromatic N) is 5. The molecule has 1 fully saturated rings.